The van der Waals surface area contributed by atoms with Crippen LogP contribution in [0.3, 0.4) is 0 Å². The Morgan fingerprint density at radius 2 is 1.83 bits per heavy atom. The standard InChI is InChI=1S/C23H23N3O4/c1-17-6-5-7-18(14-17)22-20(15-26(24-22)19-8-3-2-4-9-19)23(28)30-16-21(27)25-10-12-29-13-11-25/h2-9,14-15H,10-13,16H2,1H3. The maximum absolute atomic E-state index is 12.9. The summed E-state index contributed by atoms with van der Waals surface area (Å²) in [4.78, 5) is 26.9. The number of rotatable bonds is 5. The van der Waals surface area contributed by atoms with Gasteiger partial charge in [-0.3, -0.25) is 4.79 Å². The van der Waals surface area contributed by atoms with Gasteiger partial charge in [0.2, 0.25) is 0 Å². The summed E-state index contributed by atoms with van der Waals surface area (Å²) in [5, 5.41) is 4.63. The highest BCUT2D eigenvalue weighted by atomic mass is 16.5. The molecule has 1 aliphatic heterocycles. The predicted octanol–water partition coefficient (Wildman–Crippen LogP) is 2.86. The zero-order valence-electron chi connectivity index (χ0n) is 16.8. The first-order valence-electron chi connectivity index (χ1n) is 9.86. The highest BCUT2D eigenvalue weighted by molar-refractivity contribution is 5.97. The quantitative estimate of drug-likeness (QED) is 0.611. The summed E-state index contributed by atoms with van der Waals surface area (Å²) in [5.74, 6) is -0.797. The molecule has 0 unspecified atom stereocenters. The van der Waals surface area contributed by atoms with E-state index < -0.39 is 5.97 Å². The fourth-order valence-electron chi connectivity index (χ4n) is 3.35. The summed E-state index contributed by atoms with van der Waals surface area (Å²) < 4.78 is 12.3. The van der Waals surface area contributed by atoms with Crippen molar-refractivity contribution in [3.8, 4) is 16.9 Å². The van der Waals surface area contributed by atoms with Gasteiger partial charge in [-0.05, 0) is 25.1 Å². The number of ether oxygens (including phenoxy) is 2. The van der Waals surface area contributed by atoms with Crippen molar-refractivity contribution in [1.29, 1.82) is 0 Å². The van der Waals surface area contributed by atoms with Crippen molar-refractivity contribution < 1.29 is 19.1 Å². The minimum atomic E-state index is -0.574. The third-order valence-corrected chi connectivity index (χ3v) is 4.94. The molecule has 0 aliphatic carbocycles. The van der Waals surface area contributed by atoms with Crippen LogP contribution >= 0.6 is 0 Å². The number of aryl methyl sites for hydroxylation is 1. The Morgan fingerprint density at radius 3 is 2.57 bits per heavy atom. The molecule has 7 heteroatoms. The van der Waals surface area contributed by atoms with E-state index in [1.807, 2.05) is 61.5 Å². The summed E-state index contributed by atoms with van der Waals surface area (Å²) in [7, 11) is 0. The van der Waals surface area contributed by atoms with Gasteiger partial charge in [-0.15, -0.1) is 0 Å². The number of carbonyl (C=O) groups excluding carboxylic acids is 2. The van der Waals surface area contributed by atoms with Gasteiger partial charge in [0.1, 0.15) is 11.3 Å². The third-order valence-electron chi connectivity index (χ3n) is 4.94. The van der Waals surface area contributed by atoms with Gasteiger partial charge >= 0.3 is 5.97 Å². The minimum absolute atomic E-state index is 0.223. The van der Waals surface area contributed by atoms with Crippen LogP contribution in [0.2, 0.25) is 0 Å². The van der Waals surface area contributed by atoms with Crippen molar-refractivity contribution in [3.05, 3.63) is 71.9 Å². The van der Waals surface area contributed by atoms with Crippen LogP contribution in [0.15, 0.2) is 60.8 Å². The van der Waals surface area contributed by atoms with E-state index in [1.54, 1.807) is 15.8 Å². The van der Waals surface area contributed by atoms with Gasteiger partial charge < -0.3 is 14.4 Å². The van der Waals surface area contributed by atoms with E-state index >= 15 is 0 Å². The zero-order valence-corrected chi connectivity index (χ0v) is 16.8. The zero-order chi connectivity index (χ0) is 20.9. The number of carbonyl (C=O) groups is 2. The molecule has 1 saturated heterocycles. The van der Waals surface area contributed by atoms with Crippen LogP contribution in [0, 0.1) is 6.92 Å². The Hall–Kier alpha value is -3.45. The molecule has 3 aromatic rings. The molecule has 2 aromatic carbocycles. The van der Waals surface area contributed by atoms with Gasteiger partial charge in [0.15, 0.2) is 6.61 Å². The lowest BCUT2D eigenvalue weighted by Crippen LogP contribution is -2.42. The Labute approximate surface area is 174 Å². The molecule has 30 heavy (non-hydrogen) atoms. The van der Waals surface area contributed by atoms with E-state index in [4.69, 9.17) is 9.47 Å². The summed E-state index contributed by atoms with van der Waals surface area (Å²) >= 11 is 0. The molecule has 7 nitrogen and oxygen atoms in total. The molecular formula is C23H23N3O4. The lowest BCUT2D eigenvalue weighted by molar-refractivity contribution is -0.138. The van der Waals surface area contributed by atoms with E-state index in [2.05, 4.69) is 5.10 Å². The molecular weight excluding hydrogens is 382 g/mol. The topological polar surface area (TPSA) is 73.7 Å². The number of esters is 1. The Kier molecular flexibility index (Phi) is 5.90. The third kappa shape index (κ3) is 4.41. The summed E-state index contributed by atoms with van der Waals surface area (Å²) in [6.07, 6.45) is 1.65. The number of amides is 1. The largest absolute Gasteiger partial charge is 0.452 e. The molecule has 1 aromatic heterocycles. The second kappa shape index (κ2) is 8.92. The summed E-state index contributed by atoms with van der Waals surface area (Å²) in [6.45, 7) is 3.70. The smallest absolute Gasteiger partial charge is 0.342 e. The number of hydrogen-bond donors (Lipinski definition) is 0. The van der Waals surface area contributed by atoms with Gasteiger partial charge in [-0.25, -0.2) is 9.48 Å². The molecule has 1 fully saturated rings. The van der Waals surface area contributed by atoms with E-state index in [0.717, 1.165) is 16.8 Å². The van der Waals surface area contributed by atoms with Crippen molar-refractivity contribution in [2.75, 3.05) is 32.9 Å². The molecule has 1 amide bonds. The number of aromatic nitrogens is 2. The van der Waals surface area contributed by atoms with Crippen molar-refractivity contribution in [2.45, 2.75) is 6.92 Å². The lowest BCUT2D eigenvalue weighted by Gasteiger charge is -2.26. The maximum atomic E-state index is 12.9. The number of morpholine rings is 1. The van der Waals surface area contributed by atoms with Gasteiger partial charge in [-0.1, -0.05) is 42.0 Å². The molecule has 0 radical (unpaired) electrons. The van der Waals surface area contributed by atoms with Crippen LogP contribution in [0.5, 0.6) is 0 Å². The fraction of sp³-hybridized carbons (Fsp3) is 0.261. The molecule has 0 N–H and O–H groups in total. The highest BCUT2D eigenvalue weighted by Gasteiger charge is 2.23. The Bertz CT molecular complexity index is 1040. The number of para-hydroxylation sites is 1. The van der Waals surface area contributed by atoms with E-state index in [0.29, 0.717) is 37.6 Å². The van der Waals surface area contributed by atoms with E-state index in [-0.39, 0.29) is 12.5 Å². The summed E-state index contributed by atoms with van der Waals surface area (Å²) in [6, 6.07) is 17.3. The average molecular weight is 405 g/mol. The van der Waals surface area contributed by atoms with E-state index in [1.165, 1.54) is 0 Å². The Balaban J connectivity index is 1.59. The second-order valence-electron chi connectivity index (χ2n) is 7.11. The van der Waals surface area contributed by atoms with Crippen molar-refractivity contribution in [3.63, 3.8) is 0 Å². The molecule has 4 rings (SSSR count). The monoisotopic (exact) mass is 405 g/mol. The van der Waals surface area contributed by atoms with Crippen LogP contribution in [-0.2, 0) is 14.3 Å². The lowest BCUT2D eigenvalue weighted by atomic mass is 10.1. The first-order chi connectivity index (χ1) is 14.6. The molecule has 2 heterocycles. The van der Waals surface area contributed by atoms with Crippen LogP contribution in [-0.4, -0.2) is 59.5 Å². The molecule has 0 atom stereocenters. The van der Waals surface area contributed by atoms with Gasteiger partial charge in [0, 0.05) is 24.8 Å². The fourth-order valence-corrected chi connectivity index (χ4v) is 3.35. The van der Waals surface area contributed by atoms with Crippen LogP contribution in [0.25, 0.3) is 16.9 Å². The molecule has 1 aliphatic rings. The predicted molar refractivity (Wildman–Crippen MR) is 111 cm³/mol. The van der Waals surface area contributed by atoms with Crippen molar-refractivity contribution >= 4 is 11.9 Å². The van der Waals surface area contributed by atoms with E-state index in [9.17, 15) is 9.59 Å². The van der Waals surface area contributed by atoms with Gasteiger partial charge in [0.05, 0.1) is 18.9 Å². The average Bonchev–Trinajstić information content (AvgIpc) is 3.24. The maximum Gasteiger partial charge on any atom is 0.342 e. The van der Waals surface area contributed by atoms with Crippen molar-refractivity contribution in [2.24, 2.45) is 0 Å². The van der Waals surface area contributed by atoms with Crippen molar-refractivity contribution in [1.82, 2.24) is 14.7 Å². The number of hydrogen-bond acceptors (Lipinski definition) is 5. The van der Waals surface area contributed by atoms with Crippen LogP contribution in [0.1, 0.15) is 15.9 Å². The summed E-state index contributed by atoms with van der Waals surface area (Å²) in [5.41, 5.74) is 3.54. The van der Waals surface area contributed by atoms with Gasteiger partial charge in [-0.2, -0.15) is 5.10 Å². The molecule has 0 bridgehead atoms. The first-order valence-corrected chi connectivity index (χ1v) is 9.86. The normalized spacial score (nSPS) is 13.8. The SMILES string of the molecule is Cc1cccc(-c2nn(-c3ccccc3)cc2C(=O)OCC(=O)N2CCOCC2)c1. The minimum Gasteiger partial charge on any atom is -0.452 e. The van der Waals surface area contributed by atoms with Crippen LogP contribution in [0.4, 0.5) is 0 Å². The molecule has 0 spiro atoms. The number of nitrogens with zero attached hydrogens (tertiary/aromatic N) is 3. The van der Waals surface area contributed by atoms with Gasteiger partial charge in [0.25, 0.3) is 5.91 Å². The highest BCUT2D eigenvalue weighted by Crippen LogP contribution is 2.25. The molecule has 0 saturated carbocycles. The van der Waals surface area contributed by atoms with Crippen LogP contribution < -0.4 is 0 Å². The Morgan fingerprint density at radius 1 is 1.07 bits per heavy atom. The number of benzene rings is 2. The second-order valence-corrected chi connectivity index (χ2v) is 7.11. The molecule has 154 valence electrons. The first kappa shape index (κ1) is 19.8.